The van der Waals surface area contributed by atoms with Crippen molar-refractivity contribution in [3.63, 3.8) is 0 Å². The first-order valence-electron chi connectivity index (χ1n) is 6.48. The van der Waals surface area contributed by atoms with Crippen LogP contribution in [-0.4, -0.2) is 34.2 Å². The minimum absolute atomic E-state index is 0.0703. The van der Waals surface area contributed by atoms with Crippen molar-refractivity contribution in [1.29, 1.82) is 0 Å². The van der Waals surface area contributed by atoms with Crippen molar-refractivity contribution in [2.75, 3.05) is 18.5 Å². The smallest absolute Gasteiger partial charge is 0.324 e. The van der Waals surface area contributed by atoms with Gasteiger partial charge in [-0.3, -0.25) is 0 Å². The lowest BCUT2D eigenvalue weighted by atomic mass is 10.3. The third-order valence-electron chi connectivity index (χ3n) is 2.28. The first-order chi connectivity index (χ1) is 8.69. The molecule has 0 aliphatic carbocycles. The predicted octanol–water partition coefficient (Wildman–Crippen LogP) is 2.27. The molecule has 6 heteroatoms. The number of aromatic nitrogens is 3. The lowest BCUT2D eigenvalue weighted by Gasteiger charge is -2.12. The summed E-state index contributed by atoms with van der Waals surface area (Å²) >= 11 is 0. The summed E-state index contributed by atoms with van der Waals surface area (Å²) in [6, 6.07) is 0.603. The van der Waals surface area contributed by atoms with Crippen LogP contribution in [0.15, 0.2) is 0 Å². The van der Waals surface area contributed by atoms with Crippen LogP contribution in [0.4, 0.5) is 5.95 Å². The fourth-order valence-corrected chi connectivity index (χ4v) is 1.16. The van der Waals surface area contributed by atoms with Gasteiger partial charge in [0.25, 0.3) is 0 Å². The average molecular weight is 254 g/mol. The second kappa shape index (κ2) is 7.68. The Hall–Kier alpha value is -1.59. The Kier molecular flexibility index (Phi) is 6.18. The van der Waals surface area contributed by atoms with Gasteiger partial charge in [-0.15, -0.1) is 4.98 Å². The zero-order valence-corrected chi connectivity index (χ0v) is 11.6. The molecule has 0 saturated heterocycles. The van der Waals surface area contributed by atoms with Crippen molar-refractivity contribution in [3.05, 3.63) is 0 Å². The van der Waals surface area contributed by atoms with E-state index in [4.69, 9.17) is 9.47 Å². The molecule has 6 nitrogen and oxygen atoms in total. The van der Waals surface area contributed by atoms with Crippen LogP contribution in [0.1, 0.15) is 40.5 Å². The number of nitrogens with zero attached hydrogens (tertiary/aromatic N) is 3. The number of ether oxygens (including phenoxy) is 2. The molecule has 0 bridgehead atoms. The molecule has 1 aromatic heterocycles. The van der Waals surface area contributed by atoms with Gasteiger partial charge in [0.2, 0.25) is 5.95 Å². The molecule has 0 aromatic carbocycles. The molecule has 1 aromatic rings. The molecular formula is C12H22N4O2. The summed E-state index contributed by atoms with van der Waals surface area (Å²) in [5.74, 6) is 0.494. The van der Waals surface area contributed by atoms with E-state index in [1.54, 1.807) is 0 Å². The second-order valence-electron chi connectivity index (χ2n) is 3.92. The highest BCUT2D eigenvalue weighted by Crippen LogP contribution is 2.14. The minimum Gasteiger partial charge on any atom is -0.464 e. The maximum absolute atomic E-state index is 5.59. The molecule has 1 heterocycles. The highest BCUT2D eigenvalue weighted by atomic mass is 16.5. The van der Waals surface area contributed by atoms with E-state index in [1.807, 2.05) is 20.8 Å². The monoisotopic (exact) mass is 254 g/mol. The molecule has 0 amide bonds. The Morgan fingerprint density at radius 2 is 1.83 bits per heavy atom. The van der Waals surface area contributed by atoms with E-state index in [2.05, 4.69) is 27.2 Å². The molecule has 0 saturated carbocycles. The van der Waals surface area contributed by atoms with Gasteiger partial charge >= 0.3 is 12.0 Å². The standard InChI is InChI=1S/C12H22N4O2/c1-5-8-13-10-14-11(17-7-3)16-12(15-10)18-9(4)6-2/h9H,5-8H2,1-4H3,(H,13,14,15,16). The maximum Gasteiger partial charge on any atom is 0.324 e. The SMILES string of the molecule is CCCNc1nc(OCC)nc(OC(C)CC)n1. The molecule has 0 radical (unpaired) electrons. The predicted molar refractivity (Wildman–Crippen MR) is 70.2 cm³/mol. The summed E-state index contributed by atoms with van der Waals surface area (Å²) in [5.41, 5.74) is 0. The fraction of sp³-hybridized carbons (Fsp3) is 0.750. The van der Waals surface area contributed by atoms with Gasteiger partial charge in [0, 0.05) is 6.54 Å². The molecular weight excluding hydrogens is 232 g/mol. The van der Waals surface area contributed by atoms with Crippen LogP contribution in [0.3, 0.4) is 0 Å². The quantitative estimate of drug-likeness (QED) is 0.767. The summed E-state index contributed by atoms with van der Waals surface area (Å²) in [7, 11) is 0. The van der Waals surface area contributed by atoms with E-state index in [1.165, 1.54) is 0 Å². The Morgan fingerprint density at radius 3 is 2.44 bits per heavy atom. The van der Waals surface area contributed by atoms with E-state index >= 15 is 0 Å². The van der Waals surface area contributed by atoms with Crippen LogP contribution in [0.5, 0.6) is 12.0 Å². The molecule has 0 aliphatic rings. The molecule has 1 atom stereocenters. The third kappa shape index (κ3) is 4.73. The summed E-state index contributed by atoms with van der Waals surface area (Å²) in [5, 5.41) is 3.10. The van der Waals surface area contributed by atoms with Gasteiger partial charge in [-0.05, 0) is 26.7 Å². The largest absolute Gasteiger partial charge is 0.464 e. The Balaban J connectivity index is 2.83. The van der Waals surface area contributed by atoms with Gasteiger partial charge < -0.3 is 14.8 Å². The van der Waals surface area contributed by atoms with Crippen molar-refractivity contribution in [3.8, 4) is 12.0 Å². The lowest BCUT2D eigenvalue weighted by molar-refractivity contribution is 0.194. The van der Waals surface area contributed by atoms with Crippen LogP contribution < -0.4 is 14.8 Å². The van der Waals surface area contributed by atoms with E-state index < -0.39 is 0 Å². The molecule has 18 heavy (non-hydrogen) atoms. The van der Waals surface area contributed by atoms with Gasteiger partial charge in [0.05, 0.1) is 12.7 Å². The van der Waals surface area contributed by atoms with Gasteiger partial charge in [0.15, 0.2) is 0 Å². The Bertz CT molecular complexity index is 360. The highest BCUT2D eigenvalue weighted by molar-refractivity contribution is 5.27. The number of hydrogen-bond acceptors (Lipinski definition) is 6. The summed E-state index contributed by atoms with van der Waals surface area (Å²) in [6.45, 7) is 9.31. The van der Waals surface area contributed by atoms with Crippen molar-refractivity contribution >= 4 is 5.95 Å². The van der Waals surface area contributed by atoms with Crippen molar-refractivity contribution < 1.29 is 9.47 Å². The van der Waals surface area contributed by atoms with Crippen LogP contribution in [0.25, 0.3) is 0 Å². The third-order valence-corrected chi connectivity index (χ3v) is 2.28. The maximum atomic E-state index is 5.59. The molecule has 1 N–H and O–H groups in total. The van der Waals surface area contributed by atoms with Gasteiger partial charge in [0.1, 0.15) is 0 Å². The van der Waals surface area contributed by atoms with Crippen LogP contribution in [0, 0.1) is 0 Å². The van der Waals surface area contributed by atoms with E-state index in [-0.39, 0.29) is 6.10 Å². The molecule has 1 unspecified atom stereocenters. The lowest BCUT2D eigenvalue weighted by Crippen LogP contribution is -2.14. The van der Waals surface area contributed by atoms with Gasteiger partial charge in [-0.1, -0.05) is 13.8 Å². The van der Waals surface area contributed by atoms with Crippen molar-refractivity contribution in [2.45, 2.75) is 46.6 Å². The Labute approximate surface area is 108 Å². The Morgan fingerprint density at radius 1 is 1.11 bits per heavy atom. The van der Waals surface area contributed by atoms with Crippen LogP contribution in [-0.2, 0) is 0 Å². The molecule has 0 aliphatic heterocycles. The topological polar surface area (TPSA) is 69.2 Å². The van der Waals surface area contributed by atoms with Crippen LogP contribution >= 0.6 is 0 Å². The van der Waals surface area contributed by atoms with Crippen molar-refractivity contribution in [2.24, 2.45) is 0 Å². The fourth-order valence-electron chi connectivity index (χ4n) is 1.16. The average Bonchev–Trinajstić information content (AvgIpc) is 2.36. The van der Waals surface area contributed by atoms with E-state index in [9.17, 15) is 0 Å². The summed E-state index contributed by atoms with van der Waals surface area (Å²) < 4.78 is 10.9. The van der Waals surface area contributed by atoms with E-state index in [0.717, 1.165) is 19.4 Å². The molecule has 1 rings (SSSR count). The number of rotatable bonds is 8. The first-order valence-corrected chi connectivity index (χ1v) is 6.48. The summed E-state index contributed by atoms with van der Waals surface area (Å²) in [6.07, 6.45) is 1.96. The number of hydrogen-bond donors (Lipinski definition) is 1. The molecule has 0 spiro atoms. The number of anilines is 1. The van der Waals surface area contributed by atoms with Gasteiger partial charge in [-0.2, -0.15) is 9.97 Å². The molecule has 0 fully saturated rings. The van der Waals surface area contributed by atoms with Crippen LogP contribution in [0.2, 0.25) is 0 Å². The first kappa shape index (κ1) is 14.5. The molecule has 102 valence electrons. The van der Waals surface area contributed by atoms with Crippen molar-refractivity contribution in [1.82, 2.24) is 15.0 Å². The zero-order valence-electron chi connectivity index (χ0n) is 11.6. The minimum atomic E-state index is 0.0703. The summed E-state index contributed by atoms with van der Waals surface area (Å²) in [4.78, 5) is 12.5. The van der Waals surface area contributed by atoms with E-state index in [0.29, 0.717) is 24.6 Å². The second-order valence-corrected chi connectivity index (χ2v) is 3.92. The highest BCUT2D eigenvalue weighted by Gasteiger charge is 2.10. The van der Waals surface area contributed by atoms with Gasteiger partial charge in [-0.25, -0.2) is 0 Å². The zero-order chi connectivity index (χ0) is 13.4. The number of nitrogens with one attached hydrogen (secondary N) is 1. The normalized spacial score (nSPS) is 12.0.